The first-order chi connectivity index (χ1) is 9.95. The maximum Gasteiger partial charge on any atom is 0.233 e. The number of hydrogen-bond donors (Lipinski definition) is 2. The minimum Gasteiger partial charge on any atom is -0.374 e. The van der Waals surface area contributed by atoms with Gasteiger partial charge in [-0.1, -0.05) is 35.2 Å². The first kappa shape index (κ1) is 15.7. The van der Waals surface area contributed by atoms with Gasteiger partial charge < -0.3 is 11.1 Å². The normalized spacial score (nSPS) is 13.7. The molecule has 1 heterocycles. The fourth-order valence-electron chi connectivity index (χ4n) is 1.64. The van der Waals surface area contributed by atoms with Crippen LogP contribution in [0.4, 0.5) is 9.52 Å². The minimum atomic E-state index is -0.319. The maximum absolute atomic E-state index is 12.9. The summed E-state index contributed by atoms with van der Waals surface area (Å²) in [6.07, 6.45) is 0. The van der Waals surface area contributed by atoms with Crippen molar-refractivity contribution in [2.75, 3.05) is 5.73 Å². The molecule has 0 unspecified atom stereocenters. The van der Waals surface area contributed by atoms with E-state index in [1.54, 1.807) is 19.1 Å². The highest BCUT2D eigenvalue weighted by molar-refractivity contribution is 8.02. The fraction of sp³-hybridized carbons (Fsp3) is 0.308. The Morgan fingerprint density at radius 1 is 1.33 bits per heavy atom. The van der Waals surface area contributed by atoms with Crippen molar-refractivity contribution in [2.24, 2.45) is 0 Å². The van der Waals surface area contributed by atoms with Crippen LogP contribution in [0.25, 0.3) is 0 Å². The van der Waals surface area contributed by atoms with Gasteiger partial charge in [-0.25, -0.2) is 4.39 Å². The van der Waals surface area contributed by atoms with Crippen LogP contribution in [0.2, 0.25) is 0 Å². The maximum atomic E-state index is 12.9. The molecule has 21 heavy (non-hydrogen) atoms. The molecule has 0 bridgehead atoms. The molecule has 0 aliphatic carbocycles. The Balaban J connectivity index is 1.92. The third-order valence-electron chi connectivity index (χ3n) is 2.80. The van der Waals surface area contributed by atoms with E-state index in [1.165, 1.54) is 35.2 Å². The smallest absolute Gasteiger partial charge is 0.233 e. The van der Waals surface area contributed by atoms with Crippen LogP contribution in [0.5, 0.6) is 0 Å². The van der Waals surface area contributed by atoms with Crippen LogP contribution >= 0.6 is 23.1 Å². The van der Waals surface area contributed by atoms with Crippen LogP contribution < -0.4 is 11.1 Å². The highest BCUT2D eigenvalue weighted by atomic mass is 32.2. The highest BCUT2D eigenvalue weighted by Crippen LogP contribution is 2.27. The van der Waals surface area contributed by atoms with Gasteiger partial charge in [0.1, 0.15) is 5.82 Å². The van der Waals surface area contributed by atoms with Crippen LogP contribution in [0, 0.1) is 5.82 Å². The van der Waals surface area contributed by atoms with Crippen molar-refractivity contribution in [3.8, 4) is 0 Å². The molecule has 3 N–H and O–H groups in total. The fourth-order valence-corrected chi connectivity index (χ4v) is 3.43. The van der Waals surface area contributed by atoms with Crippen molar-refractivity contribution >= 4 is 34.1 Å². The number of nitrogen functional groups attached to an aromatic ring is 1. The van der Waals surface area contributed by atoms with Crippen LogP contribution in [0.1, 0.15) is 25.5 Å². The molecule has 0 fully saturated rings. The molecular formula is C13H15FN4OS2. The number of carbonyl (C=O) groups excluding carboxylic acids is 1. The highest BCUT2D eigenvalue weighted by Gasteiger charge is 2.19. The Hall–Kier alpha value is -1.67. The van der Waals surface area contributed by atoms with E-state index in [0.29, 0.717) is 9.47 Å². The predicted octanol–water partition coefficient (Wildman–Crippen LogP) is 2.62. The van der Waals surface area contributed by atoms with E-state index in [4.69, 9.17) is 5.73 Å². The number of amides is 1. The number of hydrogen-bond acceptors (Lipinski definition) is 6. The molecule has 0 aliphatic heterocycles. The largest absolute Gasteiger partial charge is 0.374 e. The Labute approximate surface area is 130 Å². The summed E-state index contributed by atoms with van der Waals surface area (Å²) in [4.78, 5) is 12.1. The molecule has 112 valence electrons. The van der Waals surface area contributed by atoms with Crippen molar-refractivity contribution in [1.29, 1.82) is 0 Å². The van der Waals surface area contributed by atoms with Crippen molar-refractivity contribution in [1.82, 2.24) is 15.5 Å². The second-order valence-corrected chi connectivity index (χ2v) is 7.05. The lowest BCUT2D eigenvalue weighted by Gasteiger charge is -2.17. The molecule has 1 amide bonds. The molecule has 1 aromatic carbocycles. The van der Waals surface area contributed by atoms with Gasteiger partial charge in [-0.3, -0.25) is 4.79 Å². The summed E-state index contributed by atoms with van der Waals surface area (Å²) in [5, 5.41) is 10.5. The van der Waals surface area contributed by atoms with E-state index in [2.05, 4.69) is 15.5 Å². The number of aromatic nitrogens is 2. The van der Waals surface area contributed by atoms with E-state index in [0.717, 1.165) is 5.56 Å². The molecule has 2 rings (SSSR count). The SMILES string of the molecule is C[C@@H](Sc1nnc(N)s1)C(=O)N[C@H](C)c1ccc(F)cc1. The van der Waals surface area contributed by atoms with Gasteiger partial charge in [-0.15, -0.1) is 10.2 Å². The lowest BCUT2D eigenvalue weighted by molar-refractivity contribution is -0.120. The number of nitrogens with two attached hydrogens (primary N) is 1. The topological polar surface area (TPSA) is 80.9 Å². The van der Waals surface area contributed by atoms with Gasteiger partial charge in [0, 0.05) is 0 Å². The molecule has 0 radical (unpaired) electrons. The molecule has 0 aliphatic rings. The van der Waals surface area contributed by atoms with E-state index in [1.807, 2.05) is 6.92 Å². The van der Waals surface area contributed by atoms with E-state index in [-0.39, 0.29) is 23.0 Å². The molecule has 8 heteroatoms. The number of carbonyl (C=O) groups is 1. The number of nitrogens with one attached hydrogen (secondary N) is 1. The molecule has 1 aromatic heterocycles. The zero-order valence-electron chi connectivity index (χ0n) is 11.5. The Bertz CT molecular complexity index is 617. The van der Waals surface area contributed by atoms with Crippen molar-refractivity contribution in [2.45, 2.75) is 29.5 Å². The van der Waals surface area contributed by atoms with Gasteiger partial charge in [0.25, 0.3) is 0 Å². The monoisotopic (exact) mass is 326 g/mol. The number of halogens is 1. The molecule has 0 spiro atoms. The number of thioether (sulfide) groups is 1. The Kier molecular flexibility index (Phi) is 5.13. The molecule has 2 aromatic rings. The minimum absolute atomic E-state index is 0.120. The zero-order chi connectivity index (χ0) is 15.4. The predicted molar refractivity (Wildman–Crippen MR) is 82.6 cm³/mol. The standard InChI is InChI=1S/C13H15FN4OS2/c1-7(9-3-5-10(14)6-4-9)16-11(19)8(2)20-13-18-17-12(15)21-13/h3-8H,1-2H3,(H2,15,17)(H,16,19)/t7-,8-/m1/s1. The van der Waals surface area contributed by atoms with Crippen LogP contribution in [-0.4, -0.2) is 21.4 Å². The Morgan fingerprint density at radius 3 is 2.57 bits per heavy atom. The first-order valence-electron chi connectivity index (χ1n) is 6.27. The second kappa shape index (κ2) is 6.86. The third-order valence-corrected chi connectivity index (χ3v) is 4.73. The third kappa shape index (κ3) is 4.40. The van der Waals surface area contributed by atoms with Crippen molar-refractivity contribution < 1.29 is 9.18 Å². The summed E-state index contributed by atoms with van der Waals surface area (Å²) in [5.74, 6) is -0.416. The summed E-state index contributed by atoms with van der Waals surface area (Å²) in [7, 11) is 0. The van der Waals surface area contributed by atoms with Crippen LogP contribution in [0.3, 0.4) is 0 Å². The number of anilines is 1. The van der Waals surface area contributed by atoms with Gasteiger partial charge in [0.2, 0.25) is 11.0 Å². The summed E-state index contributed by atoms with van der Waals surface area (Å²) in [6.45, 7) is 3.64. The van der Waals surface area contributed by atoms with Gasteiger partial charge in [0.15, 0.2) is 4.34 Å². The van der Waals surface area contributed by atoms with Gasteiger partial charge in [-0.2, -0.15) is 0 Å². The van der Waals surface area contributed by atoms with E-state index >= 15 is 0 Å². The molecule has 0 saturated carbocycles. The van der Waals surface area contributed by atoms with Crippen LogP contribution in [-0.2, 0) is 4.79 Å². The number of rotatable bonds is 5. The van der Waals surface area contributed by atoms with Crippen molar-refractivity contribution in [3.63, 3.8) is 0 Å². The van der Waals surface area contributed by atoms with Gasteiger partial charge in [0.05, 0.1) is 11.3 Å². The lowest BCUT2D eigenvalue weighted by Crippen LogP contribution is -2.33. The second-order valence-electron chi connectivity index (χ2n) is 4.45. The zero-order valence-corrected chi connectivity index (χ0v) is 13.2. The van der Waals surface area contributed by atoms with Gasteiger partial charge in [-0.05, 0) is 31.5 Å². The Morgan fingerprint density at radius 2 is 2.00 bits per heavy atom. The van der Waals surface area contributed by atoms with E-state index < -0.39 is 0 Å². The molecule has 5 nitrogen and oxygen atoms in total. The molecule has 0 saturated heterocycles. The molecular weight excluding hydrogens is 311 g/mol. The molecule has 2 atom stereocenters. The summed E-state index contributed by atoms with van der Waals surface area (Å²) in [6, 6.07) is 5.87. The number of nitrogens with zero attached hydrogens (tertiary/aromatic N) is 2. The van der Waals surface area contributed by atoms with E-state index in [9.17, 15) is 9.18 Å². The van der Waals surface area contributed by atoms with Gasteiger partial charge >= 0.3 is 0 Å². The lowest BCUT2D eigenvalue weighted by atomic mass is 10.1. The summed E-state index contributed by atoms with van der Waals surface area (Å²) in [5.41, 5.74) is 6.35. The quantitative estimate of drug-likeness (QED) is 0.826. The summed E-state index contributed by atoms with van der Waals surface area (Å²) < 4.78 is 13.5. The van der Waals surface area contributed by atoms with Crippen LogP contribution in [0.15, 0.2) is 28.6 Å². The number of benzene rings is 1. The summed E-state index contributed by atoms with van der Waals surface area (Å²) >= 11 is 2.55. The average molecular weight is 326 g/mol. The first-order valence-corrected chi connectivity index (χ1v) is 7.97. The van der Waals surface area contributed by atoms with Crippen molar-refractivity contribution in [3.05, 3.63) is 35.6 Å². The average Bonchev–Trinajstić information content (AvgIpc) is 2.84.